The number of carbonyl (C=O) groups excluding carboxylic acids is 2. The second kappa shape index (κ2) is 8.69. The van der Waals surface area contributed by atoms with E-state index in [2.05, 4.69) is 4.90 Å². The minimum absolute atomic E-state index is 0.000417. The molecule has 31 heavy (non-hydrogen) atoms. The Morgan fingerprint density at radius 3 is 2.77 bits per heavy atom. The van der Waals surface area contributed by atoms with Gasteiger partial charge in [0.05, 0.1) is 5.92 Å². The summed E-state index contributed by atoms with van der Waals surface area (Å²) in [6.07, 6.45) is 6.56. The van der Waals surface area contributed by atoms with Crippen LogP contribution in [0.4, 0.5) is 5.69 Å². The lowest BCUT2D eigenvalue weighted by Gasteiger charge is -2.45. The van der Waals surface area contributed by atoms with Gasteiger partial charge >= 0.3 is 0 Å². The summed E-state index contributed by atoms with van der Waals surface area (Å²) < 4.78 is 11.2. The Bertz CT molecular complexity index is 842. The lowest BCUT2D eigenvalue weighted by atomic mass is 9.83. The van der Waals surface area contributed by atoms with Crippen LogP contribution in [-0.4, -0.2) is 74.1 Å². The Labute approximate surface area is 184 Å². The lowest BCUT2D eigenvalue weighted by molar-refractivity contribution is -0.135. The minimum atomic E-state index is -0.281. The smallest absolute Gasteiger partial charge is 0.227 e. The maximum absolute atomic E-state index is 13.2. The molecule has 4 aliphatic heterocycles. The molecule has 1 aromatic carbocycles. The predicted molar refractivity (Wildman–Crippen MR) is 117 cm³/mol. The van der Waals surface area contributed by atoms with E-state index in [9.17, 15) is 9.59 Å². The number of hydrogen-bond donors (Lipinski definition) is 0. The molecule has 0 aliphatic carbocycles. The van der Waals surface area contributed by atoms with Crippen LogP contribution >= 0.6 is 0 Å². The van der Waals surface area contributed by atoms with Crippen LogP contribution in [0.3, 0.4) is 0 Å². The molecule has 3 fully saturated rings. The van der Waals surface area contributed by atoms with E-state index in [-0.39, 0.29) is 24.2 Å². The van der Waals surface area contributed by atoms with Crippen molar-refractivity contribution in [2.24, 2.45) is 11.8 Å². The van der Waals surface area contributed by atoms with Gasteiger partial charge in [-0.25, -0.2) is 0 Å². The Morgan fingerprint density at radius 2 is 1.90 bits per heavy atom. The molecule has 3 atom stereocenters. The Morgan fingerprint density at radius 1 is 1.10 bits per heavy atom. The molecule has 0 saturated carbocycles. The van der Waals surface area contributed by atoms with Crippen molar-refractivity contribution in [2.45, 2.75) is 44.6 Å². The zero-order valence-electron chi connectivity index (χ0n) is 18.4. The molecular formula is C24H33N3O4. The van der Waals surface area contributed by atoms with Gasteiger partial charge in [0.25, 0.3) is 0 Å². The molecule has 0 spiro atoms. The summed E-state index contributed by atoms with van der Waals surface area (Å²) in [5.74, 6) is 1.74. The second-order valence-corrected chi connectivity index (χ2v) is 9.45. The van der Waals surface area contributed by atoms with Gasteiger partial charge in [0, 0.05) is 44.4 Å². The average Bonchev–Trinajstić information content (AvgIpc) is 3.20. The number of rotatable bonds is 4. The molecule has 7 nitrogen and oxygen atoms in total. The van der Waals surface area contributed by atoms with Gasteiger partial charge < -0.3 is 24.2 Å². The van der Waals surface area contributed by atoms with E-state index in [0.29, 0.717) is 43.2 Å². The zero-order chi connectivity index (χ0) is 21.4. The van der Waals surface area contributed by atoms with Crippen molar-refractivity contribution < 1.29 is 19.1 Å². The van der Waals surface area contributed by atoms with Gasteiger partial charge in [-0.3, -0.25) is 9.59 Å². The van der Waals surface area contributed by atoms with Crippen molar-refractivity contribution in [3.63, 3.8) is 0 Å². The van der Waals surface area contributed by atoms with E-state index in [4.69, 9.17) is 9.47 Å². The largest absolute Gasteiger partial charge is 0.486 e. The molecule has 5 rings (SSSR count). The number of nitrogens with zero attached hydrogens (tertiary/aromatic N) is 3. The van der Waals surface area contributed by atoms with E-state index < -0.39 is 0 Å². The van der Waals surface area contributed by atoms with Gasteiger partial charge in [-0.05, 0) is 56.8 Å². The number of fused-ring (bicyclic) bond motifs is 2. The molecule has 0 unspecified atom stereocenters. The lowest BCUT2D eigenvalue weighted by Crippen LogP contribution is -2.51. The SMILES string of the molecule is CN(C[C@@H]1CCCN2CCCC[C@H]12)C(=O)[C@@H]1CC(=O)N(c2ccc3c(c2)OCCO3)C1. The molecule has 0 N–H and O–H groups in total. The van der Waals surface area contributed by atoms with Gasteiger partial charge in [0.1, 0.15) is 13.2 Å². The Hall–Kier alpha value is -2.28. The van der Waals surface area contributed by atoms with Gasteiger partial charge in [-0.1, -0.05) is 6.42 Å². The van der Waals surface area contributed by atoms with E-state index in [1.807, 2.05) is 30.1 Å². The number of anilines is 1. The van der Waals surface area contributed by atoms with E-state index in [1.54, 1.807) is 4.90 Å². The molecule has 0 radical (unpaired) electrons. The van der Waals surface area contributed by atoms with Crippen LogP contribution in [0.15, 0.2) is 18.2 Å². The Balaban J connectivity index is 1.22. The Kier molecular flexibility index (Phi) is 5.78. The number of piperidine rings is 2. The highest BCUT2D eigenvalue weighted by Gasteiger charge is 2.39. The van der Waals surface area contributed by atoms with Crippen molar-refractivity contribution in [3.8, 4) is 11.5 Å². The second-order valence-electron chi connectivity index (χ2n) is 9.45. The molecule has 0 bridgehead atoms. The maximum atomic E-state index is 13.2. The first-order valence-electron chi connectivity index (χ1n) is 11.8. The van der Waals surface area contributed by atoms with Crippen LogP contribution in [0.1, 0.15) is 38.5 Å². The molecule has 7 heteroatoms. The molecule has 3 saturated heterocycles. The average molecular weight is 428 g/mol. The van der Waals surface area contributed by atoms with E-state index >= 15 is 0 Å². The van der Waals surface area contributed by atoms with Gasteiger partial charge in [0.2, 0.25) is 11.8 Å². The van der Waals surface area contributed by atoms with Crippen LogP contribution < -0.4 is 14.4 Å². The fraction of sp³-hybridized carbons (Fsp3) is 0.667. The highest BCUT2D eigenvalue weighted by Crippen LogP contribution is 2.36. The molecule has 4 aliphatic rings. The molecule has 0 aromatic heterocycles. The number of ether oxygens (including phenoxy) is 2. The summed E-state index contributed by atoms with van der Waals surface area (Å²) in [4.78, 5) is 32.2. The van der Waals surface area contributed by atoms with E-state index in [0.717, 1.165) is 12.2 Å². The standard InChI is InChI=1S/C24H33N3O4/c1-25(15-17-5-4-10-26-9-3-2-6-20(17)26)24(29)18-13-23(28)27(16-18)19-7-8-21-22(14-19)31-12-11-30-21/h7-8,14,17-18,20H,2-6,9-13,15-16H2,1H3/t17-,18+,20+/m0/s1. The van der Waals surface area contributed by atoms with Crippen LogP contribution in [-0.2, 0) is 9.59 Å². The normalized spacial score (nSPS) is 28.4. The van der Waals surface area contributed by atoms with Gasteiger partial charge in [0.15, 0.2) is 11.5 Å². The quantitative estimate of drug-likeness (QED) is 0.739. The van der Waals surface area contributed by atoms with Crippen molar-refractivity contribution in [3.05, 3.63) is 18.2 Å². The van der Waals surface area contributed by atoms with Crippen molar-refractivity contribution in [1.82, 2.24) is 9.80 Å². The molecule has 1 aromatic rings. The number of benzene rings is 1. The van der Waals surface area contributed by atoms with E-state index in [1.165, 1.54) is 45.2 Å². The zero-order valence-corrected chi connectivity index (χ0v) is 18.4. The predicted octanol–water partition coefficient (Wildman–Crippen LogP) is 2.53. The summed E-state index contributed by atoms with van der Waals surface area (Å²) >= 11 is 0. The third kappa shape index (κ3) is 4.12. The van der Waals surface area contributed by atoms with Crippen LogP contribution in [0.25, 0.3) is 0 Å². The summed E-state index contributed by atoms with van der Waals surface area (Å²) in [5, 5.41) is 0. The number of hydrogen-bond acceptors (Lipinski definition) is 5. The molecule has 4 heterocycles. The molecule has 2 amide bonds. The fourth-order valence-corrected chi connectivity index (χ4v) is 5.87. The van der Waals surface area contributed by atoms with Crippen LogP contribution in [0.5, 0.6) is 11.5 Å². The fourth-order valence-electron chi connectivity index (χ4n) is 5.87. The molecular weight excluding hydrogens is 394 g/mol. The van der Waals surface area contributed by atoms with Gasteiger partial charge in [-0.2, -0.15) is 0 Å². The highest BCUT2D eigenvalue weighted by molar-refractivity contribution is 6.00. The summed E-state index contributed by atoms with van der Waals surface area (Å²) in [6, 6.07) is 6.19. The summed E-state index contributed by atoms with van der Waals surface area (Å²) in [6.45, 7) is 4.70. The van der Waals surface area contributed by atoms with Crippen LogP contribution in [0, 0.1) is 11.8 Å². The third-order valence-corrected chi connectivity index (χ3v) is 7.42. The first kappa shape index (κ1) is 20.6. The van der Waals surface area contributed by atoms with Gasteiger partial charge in [-0.15, -0.1) is 0 Å². The van der Waals surface area contributed by atoms with Crippen LogP contribution in [0.2, 0.25) is 0 Å². The minimum Gasteiger partial charge on any atom is -0.486 e. The number of carbonyl (C=O) groups is 2. The first-order valence-corrected chi connectivity index (χ1v) is 11.8. The van der Waals surface area contributed by atoms with Crippen molar-refractivity contribution in [1.29, 1.82) is 0 Å². The van der Waals surface area contributed by atoms with Crippen molar-refractivity contribution in [2.75, 3.05) is 51.3 Å². The summed E-state index contributed by atoms with van der Waals surface area (Å²) in [5.41, 5.74) is 0.775. The topological polar surface area (TPSA) is 62.3 Å². The monoisotopic (exact) mass is 427 g/mol. The summed E-state index contributed by atoms with van der Waals surface area (Å²) in [7, 11) is 1.92. The maximum Gasteiger partial charge on any atom is 0.227 e. The van der Waals surface area contributed by atoms with Crippen molar-refractivity contribution >= 4 is 17.5 Å². The third-order valence-electron chi connectivity index (χ3n) is 7.42. The molecule has 168 valence electrons. The first-order chi connectivity index (χ1) is 15.1. The number of amides is 2. The highest BCUT2D eigenvalue weighted by atomic mass is 16.6.